The van der Waals surface area contributed by atoms with Crippen LogP contribution >= 0.6 is 11.3 Å². The van der Waals surface area contributed by atoms with Crippen LogP contribution in [-0.4, -0.2) is 47.4 Å². The standard InChI is InChI=1S/C18H17N5O2S/c24-16(13-5-1-2-7-15(13)23-9-11-25-12-10-23)20-18-22-21-17(26-18)14-6-3-4-8-19-14/h1-8H,9-12H2,(H,20,22,24). The molecule has 1 aromatic carbocycles. The molecule has 0 spiro atoms. The molecule has 4 rings (SSSR count). The highest BCUT2D eigenvalue weighted by Gasteiger charge is 2.19. The molecule has 1 aliphatic rings. The summed E-state index contributed by atoms with van der Waals surface area (Å²) in [7, 11) is 0. The van der Waals surface area contributed by atoms with Gasteiger partial charge in [-0.05, 0) is 24.3 Å². The summed E-state index contributed by atoms with van der Waals surface area (Å²) in [5, 5.41) is 12.1. The summed E-state index contributed by atoms with van der Waals surface area (Å²) in [4.78, 5) is 19.2. The number of hydrogen-bond donors (Lipinski definition) is 1. The third-order valence-corrected chi connectivity index (χ3v) is 4.89. The monoisotopic (exact) mass is 367 g/mol. The first-order valence-corrected chi connectivity index (χ1v) is 9.11. The Balaban J connectivity index is 1.53. The van der Waals surface area contributed by atoms with Crippen LogP contribution in [0.5, 0.6) is 0 Å². The second-order valence-corrected chi connectivity index (χ2v) is 6.68. The lowest BCUT2D eigenvalue weighted by molar-refractivity contribution is 0.102. The zero-order valence-corrected chi connectivity index (χ0v) is 14.8. The number of ether oxygens (including phenoxy) is 1. The lowest BCUT2D eigenvalue weighted by Crippen LogP contribution is -2.37. The van der Waals surface area contributed by atoms with Gasteiger partial charge in [0.15, 0.2) is 5.01 Å². The van der Waals surface area contributed by atoms with Crippen molar-refractivity contribution in [2.75, 3.05) is 36.5 Å². The number of carbonyl (C=O) groups is 1. The first-order chi connectivity index (χ1) is 12.8. The van der Waals surface area contributed by atoms with E-state index < -0.39 is 0 Å². The van der Waals surface area contributed by atoms with E-state index in [2.05, 4.69) is 25.4 Å². The Hall–Kier alpha value is -2.84. The van der Waals surface area contributed by atoms with Crippen molar-refractivity contribution in [3.05, 3.63) is 54.2 Å². The maximum Gasteiger partial charge on any atom is 0.259 e. The van der Waals surface area contributed by atoms with E-state index in [1.165, 1.54) is 11.3 Å². The smallest absolute Gasteiger partial charge is 0.259 e. The van der Waals surface area contributed by atoms with Gasteiger partial charge in [-0.2, -0.15) is 0 Å². The largest absolute Gasteiger partial charge is 0.378 e. The minimum Gasteiger partial charge on any atom is -0.378 e. The minimum absolute atomic E-state index is 0.198. The van der Waals surface area contributed by atoms with Crippen LogP contribution in [-0.2, 0) is 4.74 Å². The second-order valence-electron chi connectivity index (χ2n) is 5.70. The Labute approximate surface area is 154 Å². The molecule has 7 nitrogen and oxygen atoms in total. The van der Waals surface area contributed by atoms with Crippen molar-refractivity contribution >= 4 is 28.1 Å². The molecule has 0 bridgehead atoms. The molecular weight excluding hydrogens is 350 g/mol. The number of carbonyl (C=O) groups excluding carboxylic acids is 1. The molecule has 0 radical (unpaired) electrons. The molecule has 3 heterocycles. The van der Waals surface area contributed by atoms with Crippen LogP contribution in [0.4, 0.5) is 10.8 Å². The third kappa shape index (κ3) is 3.56. The van der Waals surface area contributed by atoms with Gasteiger partial charge < -0.3 is 9.64 Å². The summed E-state index contributed by atoms with van der Waals surface area (Å²) < 4.78 is 5.40. The normalized spacial score (nSPS) is 14.2. The summed E-state index contributed by atoms with van der Waals surface area (Å²) in [5.74, 6) is -0.198. The van der Waals surface area contributed by atoms with Crippen molar-refractivity contribution in [2.45, 2.75) is 0 Å². The number of hydrogen-bond acceptors (Lipinski definition) is 7. The van der Waals surface area contributed by atoms with Gasteiger partial charge in [0.2, 0.25) is 5.13 Å². The van der Waals surface area contributed by atoms with Crippen molar-refractivity contribution in [2.24, 2.45) is 0 Å². The fourth-order valence-electron chi connectivity index (χ4n) is 2.78. The van der Waals surface area contributed by atoms with E-state index in [-0.39, 0.29) is 5.91 Å². The molecule has 1 saturated heterocycles. The quantitative estimate of drug-likeness (QED) is 0.764. The van der Waals surface area contributed by atoms with Gasteiger partial charge in [-0.15, -0.1) is 10.2 Å². The number of morpholine rings is 1. The lowest BCUT2D eigenvalue weighted by atomic mass is 10.1. The van der Waals surface area contributed by atoms with Crippen LogP contribution in [0.15, 0.2) is 48.7 Å². The number of aromatic nitrogens is 3. The van der Waals surface area contributed by atoms with Gasteiger partial charge >= 0.3 is 0 Å². The number of benzene rings is 1. The molecule has 2 aromatic heterocycles. The number of para-hydroxylation sites is 1. The fraction of sp³-hybridized carbons (Fsp3) is 0.222. The molecule has 3 aromatic rings. The van der Waals surface area contributed by atoms with Gasteiger partial charge in [0.05, 0.1) is 18.8 Å². The van der Waals surface area contributed by atoms with E-state index >= 15 is 0 Å². The van der Waals surface area contributed by atoms with Crippen molar-refractivity contribution in [1.29, 1.82) is 0 Å². The predicted octanol–water partition coefficient (Wildman–Crippen LogP) is 2.69. The Bertz CT molecular complexity index is 893. The zero-order chi connectivity index (χ0) is 17.8. The SMILES string of the molecule is O=C(Nc1nnc(-c2ccccn2)s1)c1ccccc1N1CCOCC1. The van der Waals surface area contributed by atoms with Gasteiger partial charge in [-0.3, -0.25) is 15.1 Å². The molecule has 0 aliphatic carbocycles. The zero-order valence-electron chi connectivity index (χ0n) is 14.0. The van der Waals surface area contributed by atoms with Gasteiger partial charge in [0.25, 0.3) is 5.91 Å². The average molecular weight is 367 g/mol. The van der Waals surface area contributed by atoms with Crippen molar-refractivity contribution < 1.29 is 9.53 Å². The summed E-state index contributed by atoms with van der Waals surface area (Å²) >= 11 is 1.30. The third-order valence-electron chi connectivity index (χ3n) is 4.03. The summed E-state index contributed by atoms with van der Waals surface area (Å²) in [5.41, 5.74) is 2.26. The minimum atomic E-state index is -0.198. The van der Waals surface area contributed by atoms with Crippen LogP contribution in [0.2, 0.25) is 0 Å². The molecule has 0 unspecified atom stereocenters. The lowest BCUT2D eigenvalue weighted by Gasteiger charge is -2.30. The molecule has 1 amide bonds. The number of nitrogens with zero attached hydrogens (tertiary/aromatic N) is 4. The Morgan fingerprint density at radius 2 is 1.88 bits per heavy atom. The molecular formula is C18H17N5O2S. The van der Waals surface area contributed by atoms with Crippen LogP contribution in [0, 0.1) is 0 Å². The summed E-state index contributed by atoms with van der Waals surface area (Å²) in [6.07, 6.45) is 1.70. The number of anilines is 2. The van der Waals surface area contributed by atoms with Crippen LogP contribution in [0.1, 0.15) is 10.4 Å². The molecule has 1 aliphatic heterocycles. The summed E-state index contributed by atoms with van der Waals surface area (Å²) in [6, 6.07) is 13.2. The van der Waals surface area contributed by atoms with Gasteiger partial charge in [-0.1, -0.05) is 29.5 Å². The summed E-state index contributed by atoms with van der Waals surface area (Å²) in [6.45, 7) is 2.87. The number of nitrogens with one attached hydrogen (secondary N) is 1. The average Bonchev–Trinajstić information content (AvgIpc) is 3.18. The van der Waals surface area contributed by atoms with E-state index in [9.17, 15) is 4.79 Å². The van der Waals surface area contributed by atoms with Gasteiger partial charge in [0, 0.05) is 25.0 Å². The first kappa shape index (κ1) is 16.6. The van der Waals surface area contributed by atoms with Gasteiger partial charge in [-0.25, -0.2) is 0 Å². The first-order valence-electron chi connectivity index (χ1n) is 8.29. The van der Waals surface area contributed by atoms with E-state index in [1.807, 2.05) is 42.5 Å². The highest BCUT2D eigenvalue weighted by molar-refractivity contribution is 7.18. The van der Waals surface area contributed by atoms with Crippen LogP contribution in [0.3, 0.4) is 0 Å². The molecule has 1 N–H and O–H groups in total. The molecule has 26 heavy (non-hydrogen) atoms. The van der Waals surface area contributed by atoms with Gasteiger partial charge in [0.1, 0.15) is 5.69 Å². The topological polar surface area (TPSA) is 80.2 Å². The van der Waals surface area contributed by atoms with Crippen LogP contribution in [0.25, 0.3) is 10.7 Å². The van der Waals surface area contributed by atoms with E-state index in [0.29, 0.717) is 28.9 Å². The van der Waals surface area contributed by atoms with Crippen LogP contribution < -0.4 is 10.2 Å². The Morgan fingerprint density at radius 3 is 2.69 bits per heavy atom. The maximum absolute atomic E-state index is 12.8. The highest BCUT2D eigenvalue weighted by Crippen LogP contribution is 2.26. The van der Waals surface area contributed by atoms with E-state index in [4.69, 9.17) is 4.74 Å². The van der Waals surface area contributed by atoms with Crippen molar-refractivity contribution in [3.63, 3.8) is 0 Å². The second kappa shape index (κ2) is 7.59. The van der Waals surface area contributed by atoms with Crippen molar-refractivity contribution in [3.8, 4) is 10.7 Å². The number of amides is 1. The Kier molecular flexibility index (Phi) is 4.85. The Morgan fingerprint density at radius 1 is 1.08 bits per heavy atom. The molecule has 0 saturated carbocycles. The van der Waals surface area contributed by atoms with E-state index in [0.717, 1.165) is 24.5 Å². The molecule has 0 atom stereocenters. The molecule has 132 valence electrons. The molecule has 1 fully saturated rings. The highest BCUT2D eigenvalue weighted by atomic mass is 32.1. The predicted molar refractivity (Wildman–Crippen MR) is 101 cm³/mol. The molecule has 8 heteroatoms. The number of pyridine rings is 1. The maximum atomic E-state index is 12.8. The fourth-order valence-corrected chi connectivity index (χ4v) is 3.49. The van der Waals surface area contributed by atoms with E-state index in [1.54, 1.807) is 6.20 Å². The number of rotatable bonds is 4. The van der Waals surface area contributed by atoms with Crippen molar-refractivity contribution in [1.82, 2.24) is 15.2 Å².